The molecule has 4 N–H and O–H groups in total. The highest BCUT2D eigenvalue weighted by molar-refractivity contribution is 6.74. The molecule has 0 heterocycles. The van der Waals surface area contributed by atoms with E-state index in [0.717, 1.165) is 24.9 Å². The zero-order chi connectivity index (χ0) is 24.8. The maximum absolute atomic E-state index is 6.43. The Labute approximate surface area is 203 Å². The van der Waals surface area contributed by atoms with E-state index in [4.69, 9.17) is 20.3 Å². The summed E-state index contributed by atoms with van der Waals surface area (Å²) in [6, 6.07) is 0. The van der Waals surface area contributed by atoms with Crippen LogP contribution in [-0.4, -0.2) is 41.9 Å². The molecule has 0 bridgehead atoms. The zero-order valence-electron chi connectivity index (χ0n) is 23.4. The molecule has 32 heavy (non-hydrogen) atoms. The van der Waals surface area contributed by atoms with Crippen molar-refractivity contribution in [3.8, 4) is 0 Å². The van der Waals surface area contributed by atoms with Gasteiger partial charge in [0.25, 0.3) is 0 Å². The van der Waals surface area contributed by atoms with Crippen LogP contribution in [0.4, 0.5) is 0 Å². The van der Waals surface area contributed by atoms with E-state index in [1.54, 1.807) is 0 Å². The summed E-state index contributed by atoms with van der Waals surface area (Å²) >= 11 is 0. The first-order valence-electron chi connectivity index (χ1n) is 13.3. The molecule has 2 aliphatic carbocycles. The predicted molar refractivity (Wildman–Crippen MR) is 146 cm³/mol. The Kier molecular flexibility index (Phi) is 11.6. The van der Waals surface area contributed by atoms with Crippen LogP contribution in [0.2, 0.25) is 36.3 Å². The molecule has 0 aromatic rings. The molecule has 0 atom stereocenters. The van der Waals surface area contributed by atoms with Crippen molar-refractivity contribution in [1.82, 2.24) is 0 Å². The number of nitrogens with two attached hydrogens (primary N) is 2. The van der Waals surface area contributed by atoms with Crippen molar-refractivity contribution >= 4 is 16.6 Å². The Morgan fingerprint density at radius 3 is 1.00 bits per heavy atom. The molecule has 2 saturated carbocycles. The lowest BCUT2D eigenvalue weighted by Gasteiger charge is -2.41. The maximum atomic E-state index is 6.43. The molecule has 4 nitrogen and oxygen atoms in total. The molecule has 0 radical (unpaired) electrons. The Bertz CT molecular complexity index is 477. The molecule has 0 unspecified atom stereocenters. The van der Waals surface area contributed by atoms with Gasteiger partial charge >= 0.3 is 0 Å². The average Bonchev–Trinajstić information content (AvgIpc) is 2.67. The Morgan fingerprint density at radius 2 is 0.812 bits per heavy atom. The summed E-state index contributed by atoms with van der Waals surface area (Å²) in [5.41, 5.74) is 11.4. The number of hydrogen-bond acceptors (Lipinski definition) is 4. The number of hydrogen-bond donors (Lipinski definition) is 2. The summed E-state index contributed by atoms with van der Waals surface area (Å²) in [5.74, 6) is 1.50. The van der Waals surface area contributed by atoms with Gasteiger partial charge in [-0.05, 0) is 113 Å². The monoisotopic (exact) mass is 486 g/mol. The normalized spacial score (nSPS) is 28.1. The third kappa shape index (κ3) is 9.49. The van der Waals surface area contributed by atoms with Crippen LogP contribution < -0.4 is 11.5 Å². The van der Waals surface area contributed by atoms with E-state index < -0.39 is 16.6 Å². The third-order valence-electron chi connectivity index (χ3n) is 8.79. The van der Waals surface area contributed by atoms with Crippen LogP contribution in [-0.2, 0) is 8.85 Å². The highest BCUT2D eigenvalue weighted by atomic mass is 28.4. The van der Waals surface area contributed by atoms with Crippen LogP contribution in [0, 0.1) is 11.8 Å². The lowest BCUT2D eigenvalue weighted by Crippen LogP contribution is -2.44. The van der Waals surface area contributed by atoms with Crippen LogP contribution >= 0.6 is 0 Å². The molecule has 2 fully saturated rings. The van der Waals surface area contributed by atoms with Crippen LogP contribution in [0.1, 0.15) is 92.9 Å². The van der Waals surface area contributed by atoms with E-state index in [0.29, 0.717) is 22.3 Å². The van der Waals surface area contributed by atoms with Crippen molar-refractivity contribution in [3.63, 3.8) is 0 Å². The summed E-state index contributed by atoms with van der Waals surface area (Å²) in [7, 11) is -3.11. The number of rotatable bonds is 6. The fourth-order valence-electron chi connectivity index (χ4n) is 4.16. The molecule has 0 amide bonds. The molecule has 6 heteroatoms. The van der Waals surface area contributed by atoms with Gasteiger partial charge in [0.15, 0.2) is 16.6 Å². The lowest BCUT2D eigenvalue weighted by molar-refractivity contribution is 0.118. The zero-order valence-corrected chi connectivity index (χ0v) is 25.4. The first kappa shape index (κ1) is 30.3. The molecule has 2 rings (SSSR count). The van der Waals surface area contributed by atoms with Gasteiger partial charge in [-0.3, -0.25) is 0 Å². The van der Waals surface area contributed by atoms with Crippen LogP contribution in [0.5, 0.6) is 0 Å². The van der Waals surface area contributed by atoms with E-state index in [1.165, 1.54) is 51.4 Å². The molecule has 0 aliphatic heterocycles. The van der Waals surface area contributed by atoms with Gasteiger partial charge in [-0.15, -0.1) is 0 Å². The van der Waals surface area contributed by atoms with Crippen molar-refractivity contribution in [1.29, 1.82) is 0 Å². The van der Waals surface area contributed by atoms with Gasteiger partial charge in [0.1, 0.15) is 0 Å². The van der Waals surface area contributed by atoms with Gasteiger partial charge in [-0.1, -0.05) is 41.5 Å². The van der Waals surface area contributed by atoms with E-state index in [9.17, 15) is 0 Å². The van der Waals surface area contributed by atoms with Gasteiger partial charge < -0.3 is 20.3 Å². The van der Waals surface area contributed by atoms with Gasteiger partial charge in [0.05, 0.1) is 0 Å². The Morgan fingerprint density at radius 1 is 0.562 bits per heavy atom. The van der Waals surface area contributed by atoms with E-state index >= 15 is 0 Å². The standard InChI is InChI=1S/2C13H29NOSi/c2*1-13(2,3)16(4,5)15-12-8-6-11(10-14)7-9-12/h2*11-12H,6-10,14H2,1-5H3. The molecule has 0 aromatic heterocycles. The van der Waals surface area contributed by atoms with E-state index in [1.807, 2.05) is 0 Å². The fraction of sp³-hybridized carbons (Fsp3) is 1.00. The molecule has 0 saturated heterocycles. The van der Waals surface area contributed by atoms with Crippen molar-refractivity contribution < 1.29 is 8.85 Å². The quantitative estimate of drug-likeness (QED) is 0.394. The summed E-state index contributed by atoms with van der Waals surface area (Å²) in [6.45, 7) is 25.0. The van der Waals surface area contributed by atoms with Crippen LogP contribution in [0.25, 0.3) is 0 Å². The summed E-state index contributed by atoms with van der Waals surface area (Å²) in [4.78, 5) is 0. The second kappa shape index (κ2) is 12.3. The summed E-state index contributed by atoms with van der Waals surface area (Å²) < 4.78 is 12.9. The minimum atomic E-state index is -1.56. The minimum Gasteiger partial charge on any atom is -0.414 e. The summed E-state index contributed by atoms with van der Waals surface area (Å²) in [5, 5.41) is 0.662. The molecular formula is C26H58N2O2Si2. The van der Waals surface area contributed by atoms with Gasteiger partial charge in [-0.25, -0.2) is 0 Å². The van der Waals surface area contributed by atoms with E-state index in [-0.39, 0.29) is 0 Å². The largest absolute Gasteiger partial charge is 0.414 e. The lowest BCUT2D eigenvalue weighted by atomic mass is 9.88. The SMILES string of the molecule is CC(C)(C)[Si](C)(C)OC1CCC(CN)CC1.CC(C)(C)[Si](C)(C)OC1CCC(CN)CC1. The second-order valence-corrected chi connectivity index (χ2v) is 23.0. The minimum absolute atomic E-state index is 0.331. The van der Waals surface area contributed by atoms with Crippen molar-refractivity contribution in [2.45, 2.75) is 141 Å². The molecule has 0 spiro atoms. The smallest absolute Gasteiger partial charge is 0.192 e. The van der Waals surface area contributed by atoms with Crippen molar-refractivity contribution in [2.24, 2.45) is 23.3 Å². The summed E-state index contributed by atoms with van der Waals surface area (Å²) in [6.07, 6.45) is 10.9. The van der Waals surface area contributed by atoms with Crippen LogP contribution in [0.15, 0.2) is 0 Å². The maximum Gasteiger partial charge on any atom is 0.192 e. The second-order valence-electron chi connectivity index (χ2n) is 13.5. The topological polar surface area (TPSA) is 70.5 Å². The highest BCUT2D eigenvalue weighted by Gasteiger charge is 2.40. The Balaban J connectivity index is 0.000000320. The fourth-order valence-corrected chi connectivity index (χ4v) is 7.00. The van der Waals surface area contributed by atoms with Gasteiger partial charge in [-0.2, -0.15) is 0 Å². The first-order valence-corrected chi connectivity index (χ1v) is 19.1. The van der Waals surface area contributed by atoms with Gasteiger partial charge in [0, 0.05) is 12.2 Å². The van der Waals surface area contributed by atoms with E-state index in [2.05, 4.69) is 67.7 Å². The van der Waals surface area contributed by atoms with Crippen molar-refractivity contribution in [3.05, 3.63) is 0 Å². The molecule has 2 aliphatic rings. The average molecular weight is 487 g/mol. The molecule has 192 valence electrons. The van der Waals surface area contributed by atoms with Crippen LogP contribution in [0.3, 0.4) is 0 Å². The predicted octanol–water partition coefficient (Wildman–Crippen LogP) is 7.05. The van der Waals surface area contributed by atoms with Gasteiger partial charge in [0.2, 0.25) is 0 Å². The highest BCUT2D eigenvalue weighted by Crippen LogP contribution is 2.40. The third-order valence-corrected chi connectivity index (χ3v) is 17.9. The van der Waals surface area contributed by atoms with Crippen molar-refractivity contribution in [2.75, 3.05) is 13.1 Å². The molecule has 0 aromatic carbocycles. The Hall–Kier alpha value is 0.274. The first-order chi connectivity index (χ1) is 14.5. The molecular weight excluding hydrogens is 428 g/mol.